The van der Waals surface area contributed by atoms with Gasteiger partial charge in [0, 0.05) is 6.92 Å². The molecule has 0 saturated heterocycles. The van der Waals surface area contributed by atoms with E-state index in [0.29, 0.717) is 6.42 Å². The van der Waals surface area contributed by atoms with Crippen molar-refractivity contribution in [1.82, 2.24) is 5.32 Å². The van der Waals surface area contributed by atoms with Crippen molar-refractivity contribution >= 4 is 11.9 Å². The van der Waals surface area contributed by atoms with Crippen LogP contribution in [0.5, 0.6) is 0 Å². The summed E-state index contributed by atoms with van der Waals surface area (Å²) in [5, 5.41) is 10.9. The van der Waals surface area contributed by atoms with Gasteiger partial charge in [-0.2, -0.15) is 0 Å². The fraction of sp³-hybridized carbons (Fsp3) is 0.500. The first kappa shape index (κ1) is 10.7. The summed E-state index contributed by atoms with van der Waals surface area (Å²) in [6.07, 6.45) is 3.78. The van der Waals surface area contributed by atoms with Gasteiger partial charge >= 0.3 is 5.97 Å². The smallest absolute Gasteiger partial charge is 0.326 e. The molecule has 0 radical (unpaired) electrons. The van der Waals surface area contributed by atoms with Crippen LogP contribution in [-0.2, 0) is 9.59 Å². The van der Waals surface area contributed by atoms with Gasteiger partial charge in [0.25, 0.3) is 0 Å². The lowest BCUT2D eigenvalue weighted by Gasteiger charge is -2.09. The maximum absolute atomic E-state index is 10.5. The Labute approximate surface area is 71.3 Å². The summed E-state index contributed by atoms with van der Waals surface area (Å²) in [6.45, 7) is 3.10. The van der Waals surface area contributed by atoms with Crippen molar-refractivity contribution < 1.29 is 14.7 Å². The Hall–Kier alpha value is -1.32. The van der Waals surface area contributed by atoms with Crippen LogP contribution >= 0.6 is 0 Å². The summed E-state index contributed by atoms with van der Waals surface area (Å²) in [5.41, 5.74) is 0. The van der Waals surface area contributed by atoms with Crippen LogP contribution in [0.2, 0.25) is 0 Å². The number of allylic oxidation sites excluding steroid dienone is 1. The summed E-state index contributed by atoms with van der Waals surface area (Å²) in [4.78, 5) is 21.0. The van der Waals surface area contributed by atoms with E-state index in [-0.39, 0.29) is 5.91 Å². The Morgan fingerprint density at radius 3 is 2.50 bits per heavy atom. The number of carbonyl (C=O) groups excluding carboxylic acids is 1. The molecule has 4 heteroatoms. The molecule has 0 spiro atoms. The first-order valence-electron chi connectivity index (χ1n) is 3.69. The molecule has 0 aromatic carbocycles. The molecule has 0 aliphatic rings. The quantitative estimate of drug-likeness (QED) is 0.607. The van der Waals surface area contributed by atoms with Crippen molar-refractivity contribution in [3.63, 3.8) is 0 Å². The Balaban J connectivity index is 4.04. The molecule has 12 heavy (non-hydrogen) atoms. The molecule has 1 unspecified atom stereocenters. The Bertz CT molecular complexity index is 198. The summed E-state index contributed by atoms with van der Waals surface area (Å²) < 4.78 is 0. The van der Waals surface area contributed by atoms with Crippen molar-refractivity contribution in [2.24, 2.45) is 0 Å². The second-order valence-corrected chi connectivity index (χ2v) is 2.40. The topological polar surface area (TPSA) is 66.4 Å². The highest BCUT2D eigenvalue weighted by Crippen LogP contribution is 1.93. The SMILES string of the molecule is C/C=C/CC(NC(C)=O)C(=O)O. The van der Waals surface area contributed by atoms with E-state index < -0.39 is 12.0 Å². The third-order valence-corrected chi connectivity index (χ3v) is 1.28. The second-order valence-electron chi connectivity index (χ2n) is 2.40. The fourth-order valence-corrected chi connectivity index (χ4v) is 0.739. The molecular formula is C8H13NO3. The lowest BCUT2D eigenvalue weighted by Crippen LogP contribution is -2.39. The Morgan fingerprint density at radius 1 is 1.58 bits per heavy atom. The molecule has 0 bridgehead atoms. The van der Waals surface area contributed by atoms with Gasteiger partial charge in [-0.3, -0.25) is 4.79 Å². The maximum atomic E-state index is 10.5. The number of carboxylic acids is 1. The van der Waals surface area contributed by atoms with Gasteiger partial charge in [-0.1, -0.05) is 12.2 Å². The van der Waals surface area contributed by atoms with Crippen molar-refractivity contribution in [3.05, 3.63) is 12.2 Å². The Morgan fingerprint density at radius 2 is 2.17 bits per heavy atom. The number of amides is 1. The number of carbonyl (C=O) groups is 2. The van der Waals surface area contributed by atoms with Crippen molar-refractivity contribution in [2.45, 2.75) is 26.3 Å². The van der Waals surface area contributed by atoms with Gasteiger partial charge in [-0.15, -0.1) is 0 Å². The monoisotopic (exact) mass is 171 g/mol. The molecule has 0 aromatic heterocycles. The number of rotatable bonds is 4. The van der Waals surface area contributed by atoms with E-state index in [2.05, 4.69) is 5.32 Å². The zero-order valence-corrected chi connectivity index (χ0v) is 7.20. The predicted octanol–water partition coefficient (Wildman–Crippen LogP) is 0.542. The van der Waals surface area contributed by atoms with Gasteiger partial charge in [0.15, 0.2) is 0 Å². The van der Waals surface area contributed by atoms with E-state index in [1.165, 1.54) is 6.92 Å². The Kier molecular flexibility index (Phi) is 4.76. The average Bonchev–Trinajstić information content (AvgIpc) is 1.96. The third-order valence-electron chi connectivity index (χ3n) is 1.28. The molecule has 0 rings (SSSR count). The third kappa shape index (κ3) is 4.49. The lowest BCUT2D eigenvalue weighted by molar-refractivity contribution is -0.141. The summed E-state index contributed by atoms with van der Waals surface area (Å²) in [6, 6.07) is -0.807. The van der Waals surface area contributed by atoms with Crippen LogP contribution in [-0.4, -0.2) is 23.0 Å². The number of carboxylic acid groups (broad SMARTS) is 1. The van der Waals surface area contributed by atoms with Crippen LogP contribution in [0.4, 0.5) is 0 Å². The van der Waals surface area contributed by atoms with E-state index in [9.17, 15) is 9.59 Å². The number of hydrogen-bond acceptors (Lipinski definition) is 2. The van der Waals surface area contributed by atoms with Crippen LogP contribution in [0, 0.1) is 0 Å². The van der Waals surface area contributed by atoms with Crippen LogP contribution < -0.4 is 5.32 Å². The zero-order chi connectivity index (χ0) is 9.56. The van der Waals surface area contributed by atoms with E-state index in [1.807, 2.05) is 0 Å². The fourth-order valence-electron chi connectivity index (χ4n) is 0.739. The van der Waals surface area contributed by atoms with E-state index >= 15 is 0 Å². The minimum Gasteiger partial charge on any atom is -0.480 e. The van der Waals surface area contributed by atoms with Crippen molar-refractivity contribution in [2.75, 3.05) is 0 Å². The van der Waals surface area contributed by atoms with E-state index in [1.54, 1.807) is 19.1 Å². The largest absolute Gasteiger partial charge is 0.480 e. The number of hydrogen-bond donors (Lipinski definition) is 2. The molecule has 1 atom stereocenters. The number of aliphatic carboxylic acids is 1. The van der Waals surface area contributed by atoms with Crippen molar-refractivity contribution in [3.8, 4) is 0 Å². The van der Waals surface area contributed by atoms with E-state index in [0.717, 1.165) is 0 Å². The first-order chi connectivity index (χ1) is 5.57. The molecular weight excluding hydrogens is 158 g/mol. The summed E-state index contributed by atoms with van der Waals surface area (Å²) >= 11 is 0. The molecule has 0 heterocycles. The lowest BCUT2D eigenvalue weighted by atomic mass is 10.2. The van der Waals surface area contributed by atoms with Crippen LogP contribution in [0.15, 0.2) is 12.2 Å². The molecule has 0 aliphatic carbocycles. The highest BCUT2D eigenvalue weighted by Gasteiger charge is 2.15. The number of nitrogens with one attached hydrogen (secondary N) is 1. The van der Waals surface area contributed by atoms with Crippen molar-refractivity contribution in [1.29, 1.82) is 0 Å². The molecule has 0 aliphatic heterocycles. The highest BCUT2D eigenvalue weighted by molar-refractivity contribution is 5.82. The van der Waals surface area contributed by atoms with Crippen LogP contribution in [0.25, 0.3) is 0 Å². The highest BCUT2D eigenvalue weighted by atomic mass is 16.4. The second kappa shape index (κ2) is 5.35. The summed E-state index contributed by atoms with van der Waals surface area (Å²) in [7, 11) is 0. The van der Waals surface area contributed by atoms with E-state index in [4.69, 9.17) is 5.11 Å². The molecule has 0 saturated carbocycles. The molecule has 68 valence electrons. The molecule has 1 amide bonds. The molecule has 4 nitrogen and oxygen atoms in total. The minimum absolute atomic E-state index is 0.325. The van der Waals surface area contributed by atoms with Gasteiger partial charge in [-0.25, -0.2) is 4.79 Å². The van der Waals surface area contributed by atoms with Gasteiger partial charge in [0.1, 0.15) is 6.04 Å². The predicted molar refractivity (Wildman–Crippen MR) is 44.7 cm³/mol. The molecule has 0 fully saturated rings. The van der Waals surface area contributed by atoms with Crippen LogP contribution in [0.1, 0.15) is 20.3 Å². The minimum atomic E-state index is -1.01. The average molecular weight is 171 g/mol. The van der Waals surface area contributed by atoms with Gasteiger partial charge in [-0.05, 0) is 13.3 Å². The van der Waals surface area contributed by atoms with Crippen LogP contribution in [0.3, 0.4) is 0 Å². The normalized spacial score (nSPS) is 12.8. The molecule has 0 aromatic rings. The van der Waals surface area contributed by atoms with Gasteiger partial charge in [0.2, 0.25) is 5.91 Å². The standard InChI is InChI=1S/C8H13NO3/c1-3-4-5-7(8(11)12)9-6(2)10/h3-4,7H,5H2,1-2H3,(H,9,10)(H,11,12)/b4-3+. The maximum Gasteiger partial charge on any atom is 0.326 e. The van der Waals surface area contributed by atoms with Gasteiger partial charge in [0.05, 0.1) is 0 Å². The van der Waals surface area contributed by atoms with Gasteiger partial charge < -0.3 is 10.4 Å². The zero-order valence-electron chi connectivity index (χ0n) is 7.20. The first-order valence-corrected chi connectivity index (χ1v) is 3.69. The molecule has 2 N–H and O–H groups in total. The summed E-state index contributed by atoms with van der Waals surface area (Å²) in [5.74, 6) is -1.34.